The van der Waals surface area contributed by atoms with Gasteiger partial charge in [0, 0.05) is 51.3 Å². The largest absolute Gasteiger partial charge is 0.481 e. The Morgan fingerprint density at radius 1 is 0.946 bits per heavy atom. The monoisotopic (exact) mass is 513 g/mol. The van der Waals surface area contributed by atoms with Crippen LogP contribution in [0, 0.1) is 0 Å². The number of hydrogen-bond donors (Lipinski definition) is 4. The number of H-pyrrole nitrogens is 1. The number of aromatic nitrogens is 2. The number of carbonyl (C=O) groups excluding carboxylic acids is 1. The van der Waals surface area contributed by atoms with Crippen LogP contribution in [0.15, 0.2) is 104 Å². The molecule has 37 heavy (non-hydrogen) atoms. The number of nitrogens with zero attached hydrogens (tertiary/aromatic N) is 1. The van der Waals surface area contributed by atoms with Gasteiger partial charge in [0.2, 0.25) is 0 Å². The summed E-state index contributed by atoms with van der Waals surface area (Å²) >= 11 is 6.07. The Kier molecular flexibility index (Phi) is 8.30. The Bertz CT molecular complexity index is 1500. The van der Waals surface area contributed by atoms with Gasteiger partial charge >= 0.3 is 5.97 Å². The molecule has 0 fully saturated rings. The predicted octanol–water partition coefficient (Wildman–Crippen LogP) is 5.86. The molecule has 0 saturated carbocycles. The van der Waals surface area contributed by atoms with E-state index in [1.54, 1.807) is 48.9 Å². The number of aliphatic carboxylic acids is 1. The van der Waals surface area contributed by atoms with Crippen molar-refractivity contribution in [2.24, 2.45) is 0 Å². The highest BCUT2D eigenvalue weighted by Crippen LogP contribution is 2.31. The highest BCUT2D eigenvalue weighted by atomic mass is 35.5. The fraction of sp³-hybridized carbons (Fsp3) is 0.0690. The number of carboxylic acids is 1. The van der Waals surface area contributed by atoms with E-state index in [-0.39, 0.29) is 12.3 Å². The van der Waals surface area contributed by atoms with Crippen molar-refractivity contribution in [3.8, 4) is 0 Å². The summed E-state index contributed by atoms with van der Waals surface area (Å²) in [6.45, 7) is 0. The molecule has 5 rings (SSSR count). The second-order valence-electron chi connectivity index (χ2n) is 8.16. The van der Waals surface area contributed by atoms with Crippen molar-refractivity contribution in [3.05, 3.63) is 131 Å². The Morgan fingerprint density at radius 2 is 1.65 bits per heavy atom. The molecular formula is C29H24ClN3O4. The van der Waals surface area contributed by atoms with Crippen LogP contribution in [0.1, 0.15) is 33.2 Å². The van der Waals surface area contributed by atoms with Crippen LogP contribution in [-0.4, -0.2) is 32.1 Å². The maximum Gasteiger partial charge on any atom is 0.307 e. The van der Waals surface area contributed by atoms with Crippen molar-refractivity contribution in [2.45, 2.75) is 12.5 Å². The van der Waals surface area contributed by atoms with Gasteiger partial charge in [0.15, 0.2) is 0 Å². The van der Waals surface area contributed by atoms with Crippen LogP contribution >= 0.6 is 11.6 Å². The minimum Gasteiger partial charge on any atom is -0.481 e. The van der Waals surface area contributed by atoms with E-state index in [1.807, 2.05) is 54.6 Å². The Labute approximate surface area is 218 Å². The number of aliphatic hydroxyl groups excluding tert-OH is 1. The van der Waals surface area contributed by atoms with Crippen LogP contribution in [0.2, 0.25) is 5.02 Å². The van der Waals surface area contributed by atoms with Gasteiger partial charge in [-0.1, -0.05) is 60.1 Å². The molecule has 7 nitrogen and oxygen atoms in total. The first-order chi connectivity index (χ1) is 17.9. The van der Waals surface area contributed by atoms with Crippen LogP contribution in [-0.2, 0) is 11.2 Å². The minimum absolute atomic E-state index is 0.0734. The van der Waals surface area contributed by atoms with E-state index in [4.69, 9.17) is 16.7 Å². The van der Waals surface area contributed by atoms with E-state index in [0.29, 0.717) is 21.8 Å². The number of pyridine rings is 1. The third kappa shape index (κ3) is 6.61. The number of aromatic amines is 1. The van der Waals surface area contributed by atoms with Gasteiger partial charge in [0.05, 0.1) is 6.42 Å². The predicted molar refractivity (Wildman–Crippen MR) is 144 cm³/mol. The number of carboxylic acid groups (broad SMARTS) is 1. The number of nitrogens with one attached hydrogen (secondary N) is 2. The maximum absolute atomic E-state index is 12.4. The van der Waals surface area contributed by atoms with Gasteiger partial charge in [-0.25, -0.2) is 0 Å². The Balaban J connectivity index is 0.000000207. The molecule has 0 aliphatic carbocycles. The molecule has 3 aromatic carbocycles. The molecule has 1 amide bonds. The molecule has 0 radical (unpaired) electrons. The first-order valence-electron chi connectivity index (χ1n) is 11.4. The average Bonchev–Trinajstić information content (AvgIpc) is 3.33. The first kappa shape index (κ1) is 25.6. The summed E-state index contributed by atoms with van der Waals surface area (Å²) in [5.74, 6) is -1.08. The van der Waals surface area contributed by atoms with Gasteiger partial charge < -0.3 is 20.5 Å². The number of halogens is 1. The van der Waals surface area contributed by atoms with Gasteiger partial charge in [0.1, 0.15) is 6.10 Å². The molecule has 0 spiro atoms. The SMILES string of the molecule is O=C(Nc1ccc(Cl)cc1C(O)c1ccccc1)c1ccncc1.O=C(O)Cc1c[nH]c2ccccc12. The number of rotatable bonds is 6. The second kappa shape index (κ2) is 12.0. The smallest absolute Gasteiger partial charge is 0.307 e. The molecule has 0 bridgehead atoms. The van der Waals surface area contributed by atoms with Crippen LogP contribution in [0.4, 0.5) is 5.69 Å². The number of carbonyl (C=O) groups is 2. The fourth-order valence-corrected chi connectivity index (χ4v) is 4.01. The number of benzene rings is 3. The molecule has 0 saturated heterocycles. The molecule has 186 valence electrons. The number of para-hydroxylation sites is 1. The fourth-order valence-electron chi connectivity index (χ4n) is 3.83. The molecule has 5 aromatic rings. The summed E-state index contributed by atoms with van der Waals surface area (Å²) in [4.78, 5) is 29.8. The lowest BCUT2D eigenvalue weighted by Crippen LogP contribution is -2.14. The summed E-state index contributed by atoms with van der Waals surface area (Å²) in [6.07, 6.45) is 4.04. The molecule has 2 aromatic heterocycles. The molecule has 2 heterocycles. The van der Waals surface area contributed by atoms with Crippen molar-refractivity contribution in [1.82, 2.24) is 9.97 Å². The first-order valence-corrected chi connectivity index (χ1v) is 11.8. The standard InChI is InChI=1S/C19H15ClN2O2.C10H9NO2/c20-15-6-7-17(22-19(24)14-8-10-21-11-9-14)16(12-15)18(23)13-4-2-1-3-5-13;12-10(13)5-7-6-11-9-4-2-1-3-8(7)9/h1-12,18,23H,(H,22,24);1-4,6,11H,5H2,(H,12,13). The number of aliphatic hydroxyl groups is 1. The van der Waals surface area contributed by atoms with Gasteiger partial charge in [-0.15, -0.1) is 0 Å². The Morgan fingerprint density at radius 3 is 2.38 bits per heavy atom. The minimum atomic E-state index is -0.891. The van der Waals surface area contributed by atoms with E-state index < -0.39 is 12.1 Å². The van der Waals surface area contributed by atoms with Crippen molar-refractivity contribution >= 4 is 40.1 Å². The third-order valence-corrected chi connectivity index (χ3v) is 5.87. The summed E-state index contributed by atoms with van der Waals surface area (Å²) in [6, 6.07) is 25.1. The van der Waals surface area contributed by atoms with Crippen molar-refractivity contribution < 1.29 is 19.8 Å². The van der Waals surface area contributed by atoms with Crippen molar-refractivity contribution in [1.29, 1.82) is 0 Å². The molecule has 0 aliphatic rings. The average molecular weight is 514 g/mol. The normalized spacial score (nSPS) is 11.3. The summed E-state index contributed by atoms with van der Waals surface area (Å²) in [5, 5.41) is 23.6. The summed E-state index contributed by atoms with van der Waals surface area (Å²) in [7, 11) is 0. The highest BCUT2D eigenvalue weighted by molar-refractivity contribution is 6.30. The molecule has 0 aliphatic heterocycles. The van der Waals surface area contributed by atoms with Crippen LogP contribution in [0.5, 0.6) is 0 Å². The number of fused-ring (bicyclic) bond motifs is 1. The van der Waals surface area contributed by atoms with E-state index in [2.05, 4.69) is 15.3 Å². The zero-order chi connectivity index (χ0) is 26.2. The zero-order valence-electron chi connectivity index (χ0n) is 19.6. The molecular weight excluding hydrogens is 490 g/mol. The quantitative estimate of drug-likeness (QED) is 0.227. The van der Waals surface area contributed by atoms with Crippen molar-refractivity contribution in [2.75, 3.05) is 5.32 Å². The van der Waals surface area contributed by atoms with Crippen LogP contribution in [0.3, 0.4) is 0 Å². The van der Waals surface area contributed by atoms with E-state index >= 15 is 0 Å². The van der Waals surface area contributed by atoms with Gasteiger partial charge in [-0.3, -0.25) is 14.6 Å². The number of amides is 1. The Hall–Kier alpha value is -4.46. The van der Waals surface area contributed by atoms with Crippen LogP contribution in [0.25, 0.3) is 10.9 Å². The van der Waals surface area contributed by atoms with Gasteiger partial charge in [0.25, 0.3) is 5.91 Å². The summed E-state index contributed by atoms with van der Waals surface area (Å²) < 4.78 is 0. The van der Waals surface area contributed by atoms with Crippen LogP contribution < -0.4 is 5.32 Å². The zero-order valence-corrected chi connectivity index (χ0v) is 20.4. The van der Waals surface area contributed by atoms with Crippen molar-refractivity contribution in [3.63, 3.8) is 0 Å². The lowest BCUT2D eigenvalue weighted by Gasteiger charge is -2.17. The third-order valence-electron chi connectivity index (χ3n) is 5.63. The number of hydrogen-bond acceptors (Lipinski definition) is 4. The summed E-state index contributed by atoms with van der Waals surface area (Å²) in [5.41, 5.74) is 4.08. The van der Waals surface area contributed by atoms with Gasteiger partial charge in [-0.2, -0.15) is 0 Å². The molecule has 4 N–H and O–H groups in total. The van der Waals surface area contributed by atoms with E-state index in [9.17, 15) is 14.7 Å². The lowest BCUT2D eigenvalue weighted by atomic mass is 9.99. The molecule has 8 heteroatoms. The lowest BCUT2D eigenvalue weighted by molar-refractivity contribution is -0.136. The second-order valence-corrected chi connectivity index (χ2v) is 8.60. The van der Waals surface area contributed by atoms with E-state index in [0.717, 1.165) is 22.0 Å². The van der Waals surface area contributed by atoms with E-state index in [1.165, 1.54) is 0 Å². The van der Waals surface area contributed by atoms with Gasteiger partial charge in [-0.05, 0) is 47.5 Å². The topological polar surface area (TPSA) is 115 Å². The maximum atomic E-state index is 12.4. The highest BCUT2D eigenvalue weighted by Gasteiger charge is 2.17. The molecule has 1 unspecified atom stereocenters. The number of anilines is 1. The molecule has 1 atom stereocenters.